The van der Waals surface area contributed by atoms with E-state index in [1.165, 1.54) is 5.56 Å². The van der Waals surface area contributed by atoms with Gasteiger partial charge in [-0.3, -0.25) is 4.90 Å². The Morgan fingerprint density at radius 3 is 2.76 bits per heavy atom. The van der Waals surface area contributed by atoms with Crippen LogP contribution in [-0.2, 0) is 26.2 Å². The van der Waals surface area contributed by atoms with Gasteiger partial charge in [0.25, 0.3) is 0 Å². The maximum Gasteiger partial charge on any atom is 0.231 e. The molecule has 1 spiro atoms. The highest BCUT2D eigenvalue weighted by Gasteiger charge is 2.67. The molecular weight excluding hydrogens is 322 g/mol. The number of hydrogen-bond donors (Lipinski definition) is 0. The molecule has 1 saturated heterocycles. The van der Waals surface area contributed by atoms with Crippen molar-refractivity contribution in [2.75, 3.05) is 34.6 Å². The number of rotatable bonds is 2. The Kier molecular flexibility index (Phi) is 3.26. The van der Waals surface area contributed by atoms with Crippen molar-refractivity contribution >= 4 is 0 Å². The van der Waals surface area contributed by atoms with Crippen LogP contribution < -0.4 is 9.47 Å². The largest absolute Gasteiger partial charge is 0.454 e. The summed E-state index contributed by atoms with van der Waals surface area (Å²) >= 11 is 0. The summed E-state index contributed by atoms with van der Waals surface area (Å²) in [6.07, 6.45) is 5.38. The molecule has 4 atom stereocenters. The van der Waals surface area contributed by atoms with E-state index in [0.717, 1.165) is 23.5 Å². The summed E-state index contributed by atoms with van der Waals surface area (Å²) < 4.78 is 29.3. The Morgan fingerprint density at radius 1 is 1.20 bits per heavy atom. The van der Waals surface area contributed by atoms with E-state index in [0.29, 0.717) is 13.2 Å². The van der Waals surface area contributed by atoms with Gasteiger partial charge in [-0.05, 0) is 36.7 Å². The smallest absolute Gasteiger partial charge is 0.231 e. The van der Waals surface area contributed by atoms with Crippen LogP contribution in [0.3, 0.4) is 0 Å². The van der Waals surface area contributed by atoms with Crippen molar-refractivity contribution in [3.05, 3.63) is 35.4 Å². The van der Waals surface area contributed by atoms with Crippen molar-refractivity contribution in [1.82, 2.24) is 4.90 Å². The van der Waals surface area contributed by atoms with Gasteiger partial charge in [0.15, 0.2) is 17.3 Å². The minimum absolute atomic E-state index is 0.102. The molecule has 0 bridgehead atoms. The standard InChI is InChI=1S/C19H23NO5/c1-20-10-19(22-3)18(5-4-13(21-2)7-17(18)20)14-8-16-15(23-11-24-16)6-12(14)9-25-19/h4-6,8,13,17H,7,9-11H2,1-3H3. The summed E-state index contributed by atoms with van der Waals surface area (Å²) in [7, 11) is 5.63. The molecule has 3 aliphatic heterocycles. The highest BCUT2D eigenvalue weighted by Crippen LogP contribution is 2.58. The van der Waals surface area contributed by atoms with E-state index in [1.54, 1.807) is 14.2 Å². The monoisotopic (exact) mass is 345 g/mol. The number of likely N-dealkylation sites (N-methyl/N-ethyl adjacent to an activating group) is 1. The van der Waals surface area contributed by atoms with E-state index >= 15 is 0 Å². The van der Waals surface area contributed by atoms with E-state index in [9.17, 15) is 0 Å². The summed E-state index contributed by atoms with van der Waals surface area (Å²) in [5.74, 6) is 0.888. The number of likely N-dealkylation sites (tertiary alicyclic amines) is 1. The Labute approximate surface area is 147 Å². The molecule has 0 saturated carbocycles. The van der Waals surface area contributed by atoms with Crippen molar-refractivity contribution in [3.8, 4) is 11.5 Å². The highest BCUT2D eigenvalue weighted by molar-refractivity contribution is 5.56. The summed E-state index contributed by atoms with van der Waals surface area (Å²) in [5.41, 5.74) is 1.96. The molecule has 1 aromatic rings. The average Bonchev–Trinajstić information content (AvgIpc) is 3.20. The van der Waals surface area contributed by atoms with E-state index in [2.05, 4.69) is 36.2 Å². The fourth-order valence-corrected chi connectivity index (χ4v) is 5.12. The van der Waals surface area contributed by atoms with Crippen LogP contribution in [0.4, 0.5) is 0 Å². The molecule has 3 heterocycles. The fourth-order valence-electron chi connectivity index (χ4n) is 5.12. The van der Waals surface area contributed by atoms with E-state index in [1.807, 2.05) is 0 Å². The van der Waals surface area contributed by atoms with Crippen LogP contribution in [0.5, 0.6) is 11.5 Å². The molecule has 134 valence electrons. The van der Waals surface area contributed by atoms with Gasteiger partial charge >= 0.3 is 0 Å². The van der Waals surface area contributed by atoms with Crippen molar-refractivity contribution in [2.24, 2.45) is 0 Å². The average molecular weight is 345 g/mol. The molecule has 0 radical (unpaired) electrons. The maximum absolute atomic E-state index is 6.37. The Hall–Kier alpha value is -1.60. The molecular formula is C19H23NO5. The SMILES string of the molecule is COC1C=CC23c4cc5c(cc4COC2(OC)CN(C)C3C1)OCO5. The third kappa shape index (κ3) is 1.83. The molecule has 0 N–H and O–H groups in total. The van der Waals surface area contributed by atoms with Crippen molar-refractivity contribution in [3.63, 3.8) is 0 Å². The lowest BCUT2D eigenvalue weighted by atomic mass is 9.64. The molecule has 25 heavy (non-hydrogen) atoms. The van der Waals surface area contributed by atoms with Gasteiger partial charge in [0, 0.05) is 20.3 Å². The molecule has 1 aliphatic carbocycles. The van der Waals surface area contributed by atoms with Crippen LogP contribution in [0.15, 0.2) is 24.3 Å². The lowest BCUT2D eigenvalue weighted by Gasteiger charge is -2.50. The molecule has 1 aromatic carbocycles. The van der Waals surface area contributed by atoms with Crippen LogP contribution >= 0.6 is 0 Å². The van der Waals surface area contributed by atoms with Gasteiger partial charge in [0.2, 0.25) is 6.79 Å². The molecule has 4 aliphatic rings. The highest BCUT2D eigenvalue weighted by atomic mass is 16.7. The van der Waals surface area contributed by atoms with Crippen LogP contribution in [0.1, 0.15) is 17.5 Å². The van der Waals surface area contributed by atoms with Gasteiger partial charge in [0.1, 0.15) is 0 Å². The second-order valence-electron chi connectivity index (χ2n) is 7.28. The molecule has 6 heteroatoms. The fraction of sp³-hybridized carbons (Fsp3) is 0.579. The molecule has 5 rings (SSSR count). The lowest BCUT2D eigenvalue weighted by Crippen LogP contribution is -2.60. The van der Waals surface area contributed by atoms with E-state index in [-0.39, 0.29) is 24.4 Å². The number of nitrogens with zero attached hydrogens (tertiary/aromatic N) is 1. The Bertz CT molecular complexity index is 750. The first-order valence-corrected chi connectivity index (χ1v) is 8.68. The van der Waals surface area contributed by atoms with E-state index < -0.39 is 5.79 Å². The second-order valence-corrected chi connectivity index (χ2v) is 7.28. The zero-order chi connectivity index (χ0) is 17.2. The van der Waals surface area contributed by atoms with Gasteiger partial charge in [-0.25, -0.2) is 0 Å². The first-order chi connectivity index (χ1) is 12.1. The third-order valence-electron chi connectivity index (χ3n) is 6.31. The van der Waals surface area contributed by atoms with Gasteiger partial charge in [-0.15, -0.1) is 0 Å². The predicted octanol–water partition coefficient (Wildman–Crippen LogP) is 1.81. The summed E-state index contributed by atoms with van der Waals surface area (Å²) in [4.78, 5) is 2.33. The van der Waals surface area contributed by atoms with Gasteiger partial charge < -0.3 is 23.7 Å². The molecule has 0 aromatic heterocycles. The second kappa shape index (κ2) is 5.20. The number of fused-ring (bicyclic) bond motifs is 2. The van der Waals surface area contributed by atoms with Gasteiger partial charge in [-0.2, -0.15) is 0 Å². The van der Waals surface area contributed by atoms with Gasteiger partial charge in [0.05, 0.1) is 24.7 Å². The first kappa shape index (κ1) is 15.6. The quantitative estimate of drug-likeness (QED) is 0.762. The van der Waals surface area contributed by atoms with E-state index in [4.69, 9.17) is 23.7 Å². The van der Waals surface area contributed by atoms with Crippen LogP contribution in [0.2, 0.25) is 0 Å². The lowest BCUT2D eigenvalue weighted by molar-refractivity contribution is -0.253. The summed E-state index contributed by atoms with van der Waals surface area (Å²) in [6.45, 7) is 1.49. The summed E-state index contributed by atoms with van der Waals surface area (Å²) in [6, 6.07) is 4.40. The normalized spacial score (nSPS) is 38.4. The third-order valence-corrected chi connectivity index (χ3v) is 6.31. The van der Waals surface area contributed by atoms with Crippen LogP contribution in [-0.4, -0.2) is 57.4 Å². The topological polar surface area (TPSA) is 49.4 Å². The number of hydrogen-bond acceptors (Lipinski definition) is 6. The van der Waals surface area contributed by atoms with Crippen molar-refractivity contribution in [1.29, 1.82) is 0 Å². The first-order valence-electron chi connectivity index (χ1n) is 8.68. The predicted molar refractivity (Wildman–Crippen MR) is 89.7 cm³/mol. The Morgan fingerprint density at radius 2 is 2.00 bits per heavy atom. The molecule has 4 unspecified atom stereocenters. The minimum Gasteiger partial charge on any atom is -0.454 e. The molecule has 0 amide bonds. The maximum atomic E-state index is 6.37. The van der Waals surface area contributed by atoms with Crippen LogP contribution in [0, 0.1) is 0 Å². The molecule has 6 nitrogen and oxygen atoms in total. The minimum atomic E-state index is -0.706. The Balaban J connectivity index is 1.76. The zero-order valence-corrected chi connectivity index (χ0v) is 14.8. The van der Waals surface area contributed by atoms with Gasteiger partial charge in [-0.1, -0.05) is 12.2 Å². The van der Waals surface area contributed by atoms with Crippen molar-refractivity contribution in [2.45, 2.75) is 36.4 Å². The van der Waals surface area contributed by atoms with Crippen molar-refractivity contribution < 1.29 is 23.7 Å². The number of ether oxygens (including phenoxy) is 5. The zero-order valence-electron chi connectivity index (χ0n) is 14.8. The number of benzene rings is 1. The molecule has 1 fully saturated rings. The van der Waals surface area contributed by atoms with Crippen LogP contribution in [0.25, 0.3) is 0 Å². The number of methoxy groups -OCH3 is 2. The summed E-state index contributed by atoms with van der Waals surface area (Å²) in [5, 5.41) is 0.